The maximum absolute atomic E-state index is 11.0. The summed E-state index contributed by atoms with van der Waals surface area (Å²) in [5.74, 6) is -1.76. The molecule has 0 fully saturated rings. The Bertz CT molecular complexity index is 264. The van der Waals surface area contributed by atoms with Gasteiger partial charge >= 0.3 is 35.5 Å². The molecule has 0 aromatic carbocycles. The number of allylic oxidation sites excluding steroid dienone is 1. The van der Waals surface area contributed by atoms with E-state index in [1.807, 2.05) is 0 Å². The second-order valence-electron chi connectivity index (χ2n) is 4.29. The molecule has 4 nitrogen and oxygen atoms in total. The summed E-state index contributed by atoms with van der Waals surface area (Å²) in [6.07, 6.45) is 11.0. The predicted octanol–water partition coefficient (Wildman–Crippen LogP) is -0.672. The van der Waals surface area contributed by atoms with Gasteiger partial charge in [0.25, 0.3) is 0 Å². The van der Waals surface area contributed by atoms with Gasteiger partial charge in [-0.1, -0.05) is 39.0 Å². The van der Waals surface area contributed by atoms with Crippen LogP contribution in [0.1, 0.15) is 64.7 Å². The fraction of sp³-hybridized carbons (Fsp3) is 0.714. The third kappa shape index (κ3) is 17.7. The van der Waals surface area contributed by atoms with Crippen molar-refractivity contribution in [3.05, 3.63) is 12.3 Å². The fourth-order valence-corrected chi connectivity index (χ4v) is 1.50. The zero-order valence-corrected chi connectivity index (χ0v) is 14.2. The van der Waals surface area contributed by atoms with Crippen molar-refractivity contribution in [1.82, 2.24) is 0 Å². The zero-order chi connectivity index (χ0) is 13.6. The van der Waals surface area contributed by atoms with E-state index in [9.17, 15) is 14.7 Å². The number of esters is 1. The van der Waals surface area contributed by atoms with Crippen molar-refractivity contribution in [2.24, 2.45) is 0 Å². The number of rotatable bonds is 11. The van der Waals surface area contributed by atoms with Gasteiger partial charge in [0.2, 0.25) is 0 Å². The molecule has 0 atom stereocenters. The third-order valence-electron chi connectivity index (χ3n) is 2.55. The van der Waals surface area contributed by atoms with E-state index >= 15 is 0 Å². The Labute approximate surface area is 137 Å². The van der Waals surface area contributed by atoms with Gasteiger partial charge in [-0.05, 0) is 25.3 Å². The Hall–Kier alpha value is -0.320. The molecule has 5 heteroatoms. The minimum absolute atomic E-state index is 0. The summed E-state index contributed by atoms with van der Waals surface area (Å²) in [6.45, 7) is 2.19. The number of hydrogen-bond donors (Lipinski definition) is 0. The van der Waals surface area contributed by atoms with Crippen molar-refractivity contribution in [2.45, 2.75) is 64.7 Å². The van der Waals surface area contributed by atoms with Gasteiger partial charge in [-0.25, -0.2) is 0 Å². The van der Waals surface area contributed by atoms with Gasteiger partial charge in [-0.3, -0.25) is 4.79 Å². The number of ether oxygens (including phenoxy) is 1. The Balaban J connectivity index is 0. The van der Waals surface area contributed by atoms with Gasteiger partial charge in [-0.15, -0.1) is 0 Å². The van der Waals surface area contributed by atoms with Crippen molar-refractivity contribution in [3.8, 4) is 0 Å². The molecule has 0 bridgehead atoms. The van der Waals surface area contributed by atoms with E-state index in [0.29, 0.717) is 0 Å². The number of aliphatic carboxylic acids is 1. The molecule has 0 aromatic heterocycles. The minimum Gasteiger partial charge on any atom is -0.550 e. The molecular weight excluding hydrogens is 255 g/mol. The average Bonchev–Trinajstić information content (AvgIpc) is 2.34. The van der Waals surface area contributed by atoms with Crippen LogP contribution in [-0.4, -0.2) is 11.9 Å². The van der Waals surface area contributed by atoms with Gasteiger partial charge in [0.15, 0.2) is 0 Å². The van der Waals surface area contributed by atoms with Crippen LogP contribution in [-0.2, 0) is 14.3 Å². The van der Waals surface area contributed by atoms with Crippen LogP contribution in [0, 0.1) is 0 Å². The predicted molar refractivity (Wildman–Crippen MR) is 67.5 cm³/mol. The molecule has 0 amide bonds. The minimum atomic E-state index is -1.23. The topological polar surface area (TPSA) is 66.4 Å². The first kappa shape index (κ1) is 21.0. The normalized spacial score (nSPS) is 10.2. The van der Waals surface area contributed by atoms with E-state index in [4.69, 9.17) is 4.74 Å². The second-order valence-corrected chi connectivity index (χ2v) is 4.29. The zero-order valence-electron chi connectivity index (χ0n) is 12.2. The first-order valence-electron chi connectivity index (χ1n) is 6.71. The van der Waals surface area contributed by atoms with Gasteiger partial charge < -0.3 is 14.6 Å². The van der Waals surface area contributed by atoms with Crippen LogP contribution in [0.25, 0.3) is 0 Å². The molecule has 0 unspecified atom stereocenters. The molecule has 0 saturated carbocycles. The number of unbranched alkanes of at least 4 members (excludes halogenated alkanes) is 6. The van der Waals surface area contributed by atoms with Gasteiger partial charge in [0.05, 0.1) is 12.7 Å². The molecule has 0 aliphatic carbocycles. The average molecular weight is 278 g/mol. The van der Waals surface area contributed by atoms with E-state index in [1.165, 1.54) is 38.4 Å². The first-order valence-corrected chi connectivity index (χ1v) is 6.71. The van der Waals surface area contributed by atoms with E-state index in [1.54, 1.807) is 6.08 Å². The maximum Gasteiger partial charge on any atom is 1.00 e. The van der Waals surface area contributed by atoms with Crippen molar-refractivity contribution in [2.75, 3.05) is 0 Å². The summed E-state index contributed by atoms with van der Waals surface area (Å²) in [6, 6.07) is 0. The third-order valence-corrected chi connectivity index (χ3v) is 2.55. The number of carboxylic acids is 1. The summed E-state index contributed by atoms with van der Waals surface area (Å²) in [5, 5.41) is 10.1. The summed E-state index contributed by atoms with van der Waals surface area (Å²) in [5.41, 5.74) is 0. The molecule has 0 aromatic rings. The van der Waals surface area contributed by atoms with Gasteiger partial charge in [0, 0.05) is 5.97 Å². The van der Waals surface area contributed by atoms with Crippen LogP contribution in [0.15, 0.2) is 12.3 Å². The molecular formula is C14H23NaO4. The van der Waals surface area contributed by atoms with E-state index in [0.717, 1.165) is 12.8 Å². The Morgan fingerprint density at radius 2 is 1.68 bits per heavy atom. The molecule has 0 heterocycles. The van der Waals surface area contributed by atoms with Crippen molar-refractivity contribution >= 4 is 11.9 Å². The van der Waals surface area contributed by atoms with Crippen molar-refractivity contribution in [1.29, 1.82) is 0 Å². The largest absolute Gasteiger partial charge is 1.00 e. The monoisotopic (exact) mass is 278 g/mol. The standard InChI is InChI=1S/C14H24O4.Na/c1-2-3-4-5-6-7-8-9-12-18-14(17)11-10-13(15)16;/h9,12H,2-8,10-11H2,1H3,(H,15,16);/q;+1/p-1. The van der Waals surface area contributed by atoms with Crippen LogP contribution in [0.4, 0.5) is 0 Å². The Morgan fingerprint density at radius 3 is 2.32 bits per heavy atom. The number of carbonyl (C=O) groups excluding carboxylic acids is 2. The summed E-state index contributed by atoms with van der Waals surface area (Å²) in [4.78, 5) is 21.1. The van der Waals surface area contributed by atoms with E-state index < -0.39 is 11.9 Å². The summed E-state index contributed by atoms with van der Waals surface area (Å²) in [7, 11) is 0. The van der Waals surface area contributed by atoms with Crippen molar-refractivity contribution < 1.29 is 49.0 Å². The van der Waals surface area contributed by atoms with E-state index in [-0.39, 0.29) is 42.4 Å². The molecule has 0 rings (SSSR count). The van der Waals surface area contributed by atoms with E-state index in [2.05, 4.69) is 6.92 Å². The number of carboxylic acid groups (broad SMARTS) is 1. The molecule has 0 radical (unpaired) electrons. The molecule has 104 valence electrons. The molecule has 0 aliphatic rings. The van der Waals surface area contributed by atoms with Crippen LogP contribution < -0.4 is 34.7 Å². The van der Waals surface area contributed by atoms with Crippen LogP contribution in [0.2, 0.25) is 0 Å². The quantitative estimate of drug-likeness (QED) is 0.217. The SMILES string of the molecule is CCCCCCCCC=COC(=O)CCC(=O)[O-].[Na+]. The molecule has 0 saturated heterocycles. The van der Waals surface area contributed by atoms with Crippen LogP contribution in [0.5, 0.6) is 0 Å². The first-order chi connectivity index (χ1) is 8.66. The second kappa shape index (κ2) is 15.7. The number of hydrogen-bond acceptors (Lipinski definition) is 4. The fourth-order valence-electron chi connectivity index (χ4n) is 1.50. The Kier molecular flexibility index (Phi) is 17.4. The molecule has 0 spiro atoms. The number of carbonyl (C=O) groups is 2. The molecule has 0 N–H and O–H groups in total. The summed E-state index contributed by atoms with van der Waals surface area (Å²) < 4.78 is 4.73. The summed E-state index contributed by atoms with van der Waals surface area (Å²) >= 11 is 0. The Morgan fingerprint density at radius 1 is 1.05 bits per heavy atom. The smallest absolute Gasteiger partial charge is 0.550 e. The van der Waals surface area contributed by atoms with Crippen LogP contribution in [0.3, 0.4) is 0 Å². The van der Waals surface area contributed by atoms with Crippen molar-refractivity contribution in [3.63, 3.8) is 0 Å². The van der Waals surface area contributed by atoms with Crippen LogP contribution >= 0.6 is 0 Å². The molecule has 0 aliphatic heterocycles. The maximum atomic E-state index is 11.0. The van der Waals surface area contributed by atoms with Gasteiger partial charge in [0.1, 0.15) is 0 Å². The van der Waals surface area contributed by atoms with Gasteiger partial charge in [-0.2, -0.15) is 0 Å². The molecule has 19 heavy (non-hydrogen) atoms.